The number of nitrogens with zero attached hydrogens (tertiary/aromatic N) is 3. The lowest BCUT2D eigenvalue weighted by atomic mass is 10.2. The van der Waals surface area contributed by atoms with E-state index in [2.05, 4.69) is 15.4 Å². The van der Waals surface area contributed by atoms with Crippen molar-refractivity contribution in [3.8, 4) is 0 Å². The molecule has 18 heavy (non-hydrogen) atoms. The topological polar surface area (TPSA) is 85.3 Å². The zero-order valence-corrected chi connectivity index (χ0v) is 10.2. The zero-order chi connectivity index (χ0) is 12.8. The molecule has 1 amide bonds. The summed E-state index contributed by atoms with van der Waals surface area (Å²) >= 11 is 0. The number of fused-ring (bicyclic) bond motifs is 1. The fraction of sp³-hybridized carbons (Fsp3) is 0.417. The number of carbonyl (C=O) groups is 1. The van der Waals surface area contributed by atoms with Crippen LogP contribution in [0.25, 0.3) is 5.65 Å². The fourth-order valence-corrected chi connectivity index (χ4v) is 1.71. The van der Waals surface area contributed by atoms with Gasteiger partial charge >= 0.3 is 0 Å². The van der Waals surface area contributed by atoms with Gasteiger partial charge in [0.2, 0.25) is 5.91 Å². The minimum absolute atomic E-state index is 0.0593. The van der Waals surface area contributed by atoms with E-state index >= 15 is 0 Å². The minimum atomic E-state index is 0.0593. The van der Waals surface area contributed by atoms with E-state index in [0.29, 0.717) is 19.5 Å². The highest BCUT2D eigenvalue weighted by molar-refractivity contribution is 5.75. The molecule has 0 fully saturated rings. The number of nitrogens with two attached hydrogens (primary N) is 1. The maximum atomic E-state index is 11.4. The monoisotopic (exact) mass is 247 g/mol. The van der Waals surface area contributed by atoms with Gasteiger partial charge in [0.1, 0.15) is 6.33 Å². The first-order valence-electron chi connectivity index (χ1n) is 6.04. The van der Waals surface area contributed by atoms with Crippen molar-refractivity contribution in [1.29, 1.82) is 0 Å². The average molecular weight is 247 g/mol. The largest absolute Gasteiger partial charge is 0.356 e. The van der Waals surface area contributed by atoms with Crippen molar-refractivity contribution in [2.45, 2.75) is 19.3 Å². The summed E-state index contributed by atoms with van der Waals surface area (Å²) in [6.07, 6.45) is 5.41. The molecule has 0 bridgehead atoms. The molecular formula is C12H17N5O. The molecule has 0 aromatic carbocycles. The molecular weight excluding hydrogens is 230 g/mol. The minimum Gasteiger partial charge on any atom is -0.356 e. The molecule has 6 heteroatoms. The van der Waals surface area contributed by atoms with E-state index in [1.165, 1.54) is 6.33 Å². The third-order valence-corrected chi connectivity index (χ3v) is 2.69. The molecule has 2 aromatic heterocycles. The summed E-state index contributed by atoms with van der Waals surface area (Å²) in [4.78, 5) is 15.5. The average Bonchev–Trinajstić information content (AvgIpc) is 2.83. The molecule has 0 aliphatic heterocycles. The lowest BCUT2D eigenvalue weighted by molar-refractivity contribution is -0.121. The number of nitrogens with one attached hydrogen (secondary N) is 1. The molecule has 0 saturated heterocycles. The fourth-order valence-electron chi connectivity index (χ4n) is 1.71. The molecule has 2 aromatic rings. The van der Waals surface area contributed by atoms with Crippen LogP contribution in [0.1, 0.15) is 18.4 Å². The number of pyridine rings is 1. The van der Waals surface area contributed by atoms with E-state index in [0.717, 1.165) is 24.1 Å². The van der Waals surface area contributed by atoms with Gasteiger partial charge in [0, 0.05) is 19.2 Å². The van der Waals surface area contributed by atoms with Gasteiger partial charge in [0.25, 0.3) is 0 Å². The number of hydrogen-bond donors (Lipinski definition) is 2. The number of hydrogen-bond acceptors (Lipinski definition) is 4. The smallest absolute Gasteiger partial charge is 0.220 e. The predicted octanol–water partition coefficient (Wildman–Crippen LogP) is 0.127. The molecule has 0 aliphatic rings. The molecule has 6 nitrogen and oxygen atoms in total. The second kappa shape index (κ2) is 6.11. The second-order valence-electron chi connectivity index (χ2n) is 4.09. The van der Waals surface area contributed by atoms with Crippen LogP contribution in [0, 0.1) is 0 Å². The number of amides is 1. The van der Waals surface area contributed by atoms with Crippen molar-refractivity contribution in [3.63, 3.8) is 0 Å². The van der Waals surface area contributed by atoms with Crippen molar-refractivity contribution < 1.29 is 4.79 Å². The summed E-state index contributed by atoms with van der Waals surface area (Å²) in [6.45, 7) is 1.19. The quantitative estimate of drug-likeness (QED) is 0.759. The van der Waals surface area contributed by atoms with Crippen LogP contribution in [0.4, 0.5) is 0 Å². The molecule has 2 heterocycles. The highest BCUT2D eigenvalue weighted by Crippen LogP contribution is 2.04. The van der Waals surface area contributed by atoms with Crippen molar-refractivity contribution in [1.82, 2.24) is 19.9 Å². The van der Waals surface area contributed by atoms with Crippen molar-refractivity contribution >= 4 is 11.6 Å². The standard InChI is InChI=1S/C12H17N5O/c13-5-1-2-12(18)14-6-3-10-4-7-17-11(8-10)15-9-16-17/h4,7-9H,1-3,5-6,13H2,(H,14,18). The lowest BCUT2D eigenvalue weighted by Crippen LogP contribution is -2.26. The van der Waals surface area contributed by atoms with Crippen LogP contribution in [-0.4, -0.2) is 33.6 Å². The van der Waals surface area contributed by atoms with Gasteiger partial charge in [0.15, 0.2) is 5.65 Å². The lowest BCUT2D eigenvalue weighted by Gasteiger charge is -2.05. The summed E-state index contributed by atoms with van der Waals surface area (Å²) in [7, 11) is 0. The molecule has 0 saturated carbocycles. The molecule has 0 aliphatic carbocycles. The van der Waals surface area contributed by atoms with Crippen LogP contribution in [0.3, 0.4) is 0 Å². The second-order valence-corrected chi connectivity index (χ2v) is 4.09. The third-order valence-electron chi connectivity index (χ3n) is 2.69. The van der Waals surface area contributed by atoms with E-state index in [4.69, 9.17) is 5.73 Å². The van der Waals surface area contributed by atoms with Crippen LogP contribution in [0.2, 0.25) is 0 Å². The van der Waals surface area contributed by atoms with Crippen LogP contribution in [0.5, 0.6) is 0 Å². The first-order chi connectivity index (χ1) is 8.79. The summed E-state index contributed by atoms with van der Waals surface area (Å²) in [6, 6.07) is 3.95. The highest BCUT2D eigenvalue weighted by atomic mass is 16.1. The molecule has 3 N–H and O–H groups in total. The van der Waals surface area contributed by atoms with Gasteiger partial charge in [-0.1, -0.05) is 0 Å². The Morgan fingerprint density at radius 1 is 1.50 bits per heavy atom. The summed E-state index contributed by atoms with van der Waals surface area (Å²) in [5.74, 6) is 0.0593. The van der Waals surface area contributed by atoms with E-state index < -0.39 is 0 Å². The van der Waals surface area contributed by atoms with Gasteiger partial charge in [-0.3, -0.25) is 4.79 Å². The van der Waals surface area contributed by atoms with E-state index in [1.807, 2.05) is 18.3 Å². The molecule has 0 atom stereocenters. The van der Waals surface area contributed by atoms with Crippen molar-refractivity contribution in [2.24, 2.45) is 5.73 Å². The Morgan fingerprint density at radius 2 is 2.39 bits per heavy atom. The van der Waals surface area contributed by atoms with Crippen LogP contribution in [0.15, 0.2) is 24.7 Å². The van der Waals surface area contributed by atoms with Crippen LogP contribution >= 0.6 is 0 Å². The van der Waals surface area contributed by atoms with E-state index in [-0.39, 0.29) is 5.91 Å². The van der Waals surface area contributed by atoms with Crippen LogP contribution in [-0.2, 0) is 11.2 Å². The van der Waals surface area contributed by atoms with E-state index in [9.17, 15) is 4.79 Å². The van der Waals surface area contributed by atoms with Gasteiger partial charge in [-0.25, -0.2) is 9.50 Å². The van der Waals surface area contributed by atoms with Crippen molar-refractivity contribution in [3.05, 3.63) is 30.2 Å². The number of carbonyl (C=O) groups excluding carboxylic acids is 1. The zero-order valence-electron chi connectivity index (χ0n) is 10.2. The Morgan fingerprint density at radius 3 is 3.22 bits per heavy atom. The molecule has 0 spiro atoms. The molecule has 96 valence electrons. The first kappa shape index (κ1) is 12.5. The molecule has 0 radical (unpaired) electrons. The maximum Gasteiger partial charge on any atom is 0.220 e. The summed E-state index contributed by atoms with van der Waals surface area (Å²) < 4.78 is 1.71. The predicted molar refractivity (Wildman–Crippen MR) is 68.0 cm³/mol. The maximum absolute atomic E-state index is 11.4. The third kappa shape index (κ3) is 3.27. The van der Waals surface area contributed by atoms with Crippen molar-refractivity contribution in [2.75, 3.05) is 13.1 Å². The highest BCUT2D eigenvalue weighted by Gasteiger charge is 2.01. The summed E-state index contributed by atoms with van der Waals surface area (Å²) in [5.41, 5.74) is 7.30. The Labute approximate surface area is 105 Å². The van der Waals surface area contributed by atoms with Crippen LogP contribution < -0.4 is 11.1 Å². The van der Waals surface area contributed by atoms with Gasteiger partial charge in [-0.2, -0.15) is 5.10 Å². The number of aromatic nitrogens is 3. The Bertz CT molecular complexity index is 522. The summed E-state index contributed by atoms with van der Waals surface area (Å²) in [5, 5.41) is 6.90. The van der Waals surface area contributed by atoms with Gasteiger partial charge in [-0.05, 0) is 37.1 Å². The van der Waals surface area contributed by atoms with Gasteiger partial charge in [0.05, 0.1) is 0 Å². The molecule has 2 rings (SSSR count). The normalized spacial score (nSPS) is 10.7. The Balaban J connectivity index is 1.81. The number of rotatable bonds is 6. The SMILES string of the molecule is NCCCC(=O)NCCc1ccn2ncnc2c1. The van der Waals surface area contributed by atoms with Gasteiger partial charge < -0.3 is 11.1 Å². The first-order valence-corrected chi connectivity index (χ1v) is 6.04. The van der Waals surface area contributed by atoms with E-state index in [1.54, 1.807) is 4.52 Å². The Hall–Kier alpha value is -1.95. The van der Waals surface area contributed by atoms with Gasteiger partial charge in [-0.15, -0.1) is 0 Å². The Kier molecular flexibility index (Phi) is 4.25. The molecule has 0 unspecified atom stereocenters.